The molecule has 0 bridgehead atoms. The van der Waals surface area contributed by atoms with E-state index in [-0.39, 0.29) is 18.7 Å². The Hall–Kier alpha value is -1.64. The summed E-state index contributed by atoms with van der Waals surface area (Å²) in [4.78, 5) is 24.6. The van der Waals surface area contributed by atoms with E-state index in [1.807, 2.05) is 4.98 Å². The summed E-state index contributed by atoms with van der Waals surface area (Å²) >= 11 is 0. The van der Waals surface area contributed by atoms with E-state index in [9.17, 15) is 14.7 Å². The predicted molar refractivity (Wildman–Crippen MR) is 57.4 cm³/mol. The highest BCUT2D eigenvalue weighted by atomic mass is 16.5. The van der Waals surface area contributed by atoms with Crippen LogP contribution in [0.15, 0.2) is 15.8 Å². The maximum absolute atomic E-state index is 11.5. The number of nitrogen functional groups attached to an aromatic ring is 1. The van der Waals surface area contributed by atoms with Crippen molar-refractivity contribution in [1.29, 1.82) is 0 Å². The molecule has 0 radical (unpaired) electrons. The number of rotatable bonds is 2. The van der Waals surface area contributed by atoms with Crippen LogP contribution in [0.2, 0.25) is 0 Å². The summed E-state index contributed by atoms with van der Waals surface area (Å²) in [5.74, 6) is 0. The van der Waals surface area contributed by atoms with E-state index in [0.29, 0.717) is 0 Å². The van der Waals surface area contributed by atoms with Crippen LogP contribution in [-0.4, -0.2) is 38.6 Å². The molecule has 1 fully saturated rings. The fraction of sp³-hybridized carbons (Fsp3) is 0.556. The summed E-state index contributed by atoms with van der Waals surface area (Å²) in [5.41, 5.74) is 3.94. The molecule has 2 rings (SSSR count). The van der Waals surface area contributed by atoms with Crippen LogP contribution in [0.3, 0.4) is 0 Å². The van der Waals surface area contributed by atoms with E-state index < -0.39 is 29.7 Å². The van der Waals surface area contributed by atoms with Crippen LogP contribution in [0.5, 0.6) is 0 Å². The first-order valence-electron chi connectivity index (χ1n) is 5.08. The minimum atomic E-state index is -0.856. The van der Waals surface area contributed by atoms with Gasteiger partial charge >= 0.3 is 5.69 Å². The lowest BCUT2D eigenvalue weighted by atomic mass is 10.2. The van der Waals surface area contributed by atoms with Crippen LogP contribution in [-0.2, 0) is 4.74 Å². The monoisotopic (exact) mass is 243 g/mol. The van der Waals surface area contributed by atoms with Crippen LogP contribution in [0, 0.1) is 0 Å². The third-order valence-corrected chi connectivity index (χ3v) is 2.69. The number of ether oxygens (including phenoxy) is 1. The van der Waals surface area contributed by atoms with Gasteiger partial charge in [-0.25, -0.2) is 4.79 Å². The van der Waals surface area contributed by atoms with E-state index in [0.717, 1.165) is 10.8 Å². The van der Waals surface area contributed by atoms with Crippen LogP contribution < -0.4 is 17.0 Å². The number of aliphatic hydroxyl groups is 2. The van der Waals surface area contributed by atoms with Crippen LogP contribution >= 0.6 is 0 Å². The lowest BCUT2D eigenvalue weighted by Gasteiger charge is -2.14. The smallest absolute Gasteiger partial charge is 0.330 e. The number of aliphatic hydroxyl groups excluding tert-OH is 2. The van der Waals surface area contributed by atoms with Crippen molar-refractivity contribution in [1.82, 2.24) is 9.55 Å². The molecule has 5 N–H and O–H groups in total. The van der Waals surface area contributed by atoms with Gasteiger partial charge < -0.3 is 20.7 Å². The summed E-state index contributed by atoms with van der Waals surface area (Å²) < 4.78 is 6.36. The van der Waals surface area contributed by atoms with Crippen molar-refractivity contribution >= 4 is 5.69 Å². The second-order valence-electron chi connectivity index (χ2n) is 3.87. The number of H-pyrrole nitrogens is 1. The summed E-state index contributed by atoms with van der Waals surface area (Å²) in [7, 11) is 0. The van der Waals surface area contributed by atoms with Crippen LogP contribution in [0.4, 0.5) is 5.69 Å². The Labute approximate surface area is 95.3 Å². The number of hydrogen-bond acceptors (Lipinski definition) is 6. The fourth-order valence-corrected chi connectivity index (χ4v) is 1.77. The standard InChI is InChI=1S/C9H13N3O5/c10-4-2-12(9(16)11-8(4)15)7-1-5(14)6(3-13)17-7/h2,5-7,13-14H,1,3,10H2,(H,11,15,16)/t5-,6-,7-/m0/s1. The largest absolute Gasteiger partial charge is 0.394 e. The summed E-state index contributed by atoms with van der Waals surface area (Å²) in [6.07, 6.45) is -1.02. The zero-order valence-electron chi connectivity index (χ0n) is 8.87. The number of nitrogens with two attached hydrogens (primary N) is 1. The highest BCUT2D eigenvalue weighted by Gasteiger charge is 2.34. The highest BCUT2D eigenvalue weighted by Crippen LogP contribution is 2.27. The zero-order chi connectivity index (χ0) is 12.6. The molecule has 0 unspecified atom stereocenters. The zero-order valence-corrected chi connectivity index (χ0v) is 8.87. The first-order valence-corrected chi connectivity index (χ1v) is 5.08. The highest BCUT2D eigenvalue weighted by molar-refractivity contribution is 5.30. The van der Waals surface area contributed by atoms with E-state index in [1.165, 1.54) is 0 Å². The third-order valence-electron chi connectivity index (χ3n) is 2.69. The summed E-state index contributed by atoms with van der Waals surface area (Å²) in [6.45, 7) is -0.342. The van der Waals surface area contributed by atoms with Gasteiger partial charge in [-0.15, -0.1) is 0 Å². The maximum Gasteiger partial charge on any atom is 0.330 e. The molecule has 3 atom stereocenters. The van der Waals surface area contributed by atoms with Crippen molar-refractivity contribution in [2.75, 3.05) is 12.3 Å². The molecule has 1 aliphatic heterocycles. The summed E-state index contributed by atoms with van der Waals surface area (Å²) in [5, 5.41) is 18.4. The van der Waals surface area contributed by atoms with Gasteiger partial charge in [0.2, 0.25) is 0 Å². The first kappa shape index (κ1) is 11.8. The van der Waals surface area contributed by atoms with Gasteiger partial charge in [0.1, 0.15) is 18.0 Å². The molecule has 0 aromatic carbocycles. The Balaban J connectivity index is 2.34. The lowest BCUT2D eigenvalue weighted by Crippen LogP contribution is -2.33. The predicted octanol–water partition coefficient (Wildman–Crippen LogP) is -2.24. The molecule has 1 aromatic heterocycles. The van der Waals surface area contributed by atoms with Crippen molar-refractivity contribution in [3.63, 3.8) is 0 Å². The van der Waals surface area contributed by atoms with Gasteiger partial charge in [-0.2, -0.15) is 0 Å². The molecular formula is C9H13N3O5. The molecule has 0 aliphatic carbocycles. The average Bonchev–Trinajstić information content (AvgIpc) is 2.65. The van der Waals surface area contributed by atoms with Gasteiger partial charge in [-0.3, -0.25) is 14.3 Å². The number of nitrogens with zero attached hydrogens (tertiary/aromatic N) is 1. The number of nitrogens with one attached hydrogen (secondary N) is 1. The van der Waals surface area contributed by atoms with Gasteiger partial charge in [0.05, 0.1) is 12.7 Å². The molecule has 2 heterocycles. The number of anilines is 1. The third kappa shape index (κ3) is 2.09. The second kappa shape index (κ2) is 4.32. The van der Waals surface area contributed by atoms with Crippen molar-refractivity contribution in [2.24, 2.45) is 0 Å². The molecule has 8 nitrogen and oxygen atoms in total. The van der Waals surface area contributed by atoms with Crippen molar-refractivity contribution in [3.05, 3.63) is 27.0 Å². The van der Waals surface area contributed by atoms with Gasteiger partial charge in [0.25, 0.3) is 5.56 Å². The Morgan fingerprint density at radius 2 is 2.29 bits per heavy atom. The molecule has 0 saturated carbocycles. The molecule has 17 heavy (non-hydrogen) atoms. The molecular weight excluding hydrogens is 230 g/mol. The molecule has 8 heteroatoms. The minimum absolute atomic E-state index is 0.116. The van der Waals surface area contributed by atoms with E-state index in [4.69, 9.17) is 15.6 Å². The number of hydrogen-bond donors (Lipinski definition) is 4. The normalized spacial score (nSPS) is 28.5. The van der Waals surface area contributed by atoms with E-state index >= 15 is 0 Å². The Bertz CT molecular complexity index is 522. The van der Waals surface area contributed by atoms with Crippen LogP contribution in [0.1, 0.15) is 12.6 Å². The van der Waals surface area contributed by atoms with Gasteiger partial charge in [-0.1, -0.05) is 0 Å². The molecule has 1 aliphatic rings. The van der Waals surface area contributed by atoms with Gasteiger partial charge in [-0.05, 0) is 0 Å². The number of aromatic amines is 1. The SMILES string of the molecule is Nc1cn([C@@H]2C[C@H](O)[C@H](CO)O2)c(=O)[nH]c1=O. The lowest BCUT2D eigenvalue weighted by molar-refractivity contribution is -0.0458. The molecule has 94 valence electrons. The Morgan fingerprint density at radius 1 is 1.59 bits per heavy atom. The average molecular weight is 243 g/mol. The Kier molecular flexibility index (Phi) is 3.01. The van der Waals surface area contributed by atoms with Crippen molar-refractivity contribution in [2.45, 2.75) is 24.9 Å². The van der Waals surface area contributed by atoms with E-state index in [2.05, 4.69) is 0 Å². The van der Waals surface area contributed by atoms with Crippen LogP contribution in [0.25, 0.3) is 0 Å². The maximum atomic E-state index is 11.5. The Morgan fingerprint density at radius 3 is 2.88 bits per heavy atom. The van der Waals surface area contributed by atoms with Gasteiger partial charge in [0.15, 0.2) is 0 Å². The van der Waals surface area contributed by atoms with Gasteiger partial charge in [0, 0.05) is 12.6 Å². The van der Waals surface area contributed by atoms with Crippen molar-refractivity contribution in [3.8, 4) is 0 Å². The topological polar surface area (TPSA) is 131 Å². The van der Waals surface area contributed by atoms with E-state index in [1.54, 1.807) is 0 Å². The van der Waals surface area contributed by atoms with Crippen molar-refractivity contribution < 1.29 is 14.9 Å². The molecule has 1 saturated heterocycles. The molecule has 0 amide bonds. The molecule has 1 aromatic rings. The number of aromatic nitrogens is 2. The first-order chi connectivity index (χ1) is 8.02. The molecule has 0 spiro atoms. The minimum Gasteiger partial charge on any atom is -0.394 e. The quantitative estimate of drug-likeness (QED) is 0.464. The fourth-order valence-electron chi connectivity index (χ4n) is 1.77. The second-order valence-corrected chi connectivity index (χ2v) is 3.87. The summed E-state index contributed by atoms with van der Waals surface area (Å²) in [6, 6.07) is 0.